The van der Waals surface area contributed by atoms with Crippen molar-refractivity contribution >= 4 is 16.1 Å². The van der Waals surface area contributed by atoms with E-state index in [0.717, 1.165) is 0 Å². The molecule has 3 atom stereocenters. The average Bonchev–Trinajstić information content (AvgIpc) is 2.75. The van der Waals surface area contributed by atoms with Gasteiger partial charge in [0.05, 0.1) is 12.5 Å². The Morgan fingerprint density at radius 3 is 2.26 bits per heavy atom. The average molecular weight is 302 g/mol. The molecule has 0 saturated heterocycles. The van der Waals surface area contributed by atoms with Gasteiger partial charge in [-0.1, -0.05) is 27.7 Å². The van der Waals surface area contributed by atoms with Crippen LogP contribution in [0.5, 0.6) is 0 Å². The molecule has 1 rings (SSSR count). The molecule has 0 aromatic carbocycles. The maximum absolute atomic E-state index is 11.7. The van der Waals surface area contributed by atoms with E-state index in [2.05, 4.69) is 0 Å². The summed E-state index contributed by atoms with van der Waals surface area (Å²) in [5.41, 5.74) is -2.78. The fourth-order valence-electron chi connectivity index (χ4n) is 2.18. The Morgan fingerprint density at radius 1 is 1.42 bits per heavy atom. The van der Waals surface area contributed by atoms with Crippen LogP contribution in [0, 0.1) is 23.2 Å². The Kier molecular flexibility index (Phi) is 6.52. The van der Waals surface area contributed by atoms with Gasteiger partial charge in [-0.25, -0.2) is 8.42 Å². The molecular weight excluding hydrogens is 283 g/mol. The van der Waals surface area contributed by atoms with Gasteiger partial charge in [-0.15, -0.1) is 0 Å². The normalized spacial score (nSPS) is 26.5. The van der Waals surface area contributed by atoms with Gasteiger partial charge in [0, 0.05) is 5.92 Å². The summed E-state index contributed by atoms with van der Waals surface area (Å²) in [5.74, 6) is -2.02. The molecule has 0 bridgehead atoms. The van der Waals surface area contributed by atoms with Gasteiger partial charge in [0.15, 0.2) is 0 Å². The molecule has 0 heterocycles. The number of esters is 1. The van der Waals surface area contributed by atoms with E-state index in [1.807, 2.05) is 13.8 Å². The van der Waals surface area contributed by atoms with Crippen LogP contribution < -0.4 is 29.6 Å². The predicted molar refractivity (Wildman–Crippen MR) is 62.3 cm³/mol. The Bertz CT molecular complexity index is 430. The zero-order valence-electron chi connectivity index (χ0n) is 11.9. The maximum Gasteiger partial charge on any atom is 1.00 e. The molecule has 1 aliphatic carbocycles. The minimum Gasteiger partial charge on any atom is -0.746 e. The third kappa shape index (κ3) is 4.41. The Labute approximate surface area is 135 Å². The van der Waals surface area contributed by atoms with Crippen molar-refractivity contribution in [3.05, 3.63) is 0 Å². The van der Waals surface area contributed by atoms with Crippen molar-refractivity contribution in [2.24, 2.45) is 23.2 Å². The van der Waals surface area contributed by atoms with Gasteiger partial charge in [0.1, 0.15) is 15.6 Å². The van der Waals surface area contributed by atoms with Crippen LogP contribution in [-0.2, 0) is 19.6 Å². The molecule has 1 fully saturated rings. The molecule has 0 radical (unpaired) electrons. The van der Waals surface area contributed by atoms with E-state index in [9.17, 15) is 22.9 Å². The van der Waals surface area contributed by atoms with Crippen molar-refractivity contribution in [3.8, 4) is 0 Å². The minimum absolute atomic E-state index is 0. The predicted octanol–water partition coefficient (Wildman–Crippen LogP) is -2.67. The van der Waals surface area contributed by atoms with Crippen LogP contribution >= 0.6 is 0 Å². The smallest absolute Gasteiger partial charge is 0.746 e. The van der Waals surface area contributed by atoms with E-state index in [-0.39, 0.29) is 42.1 Å². The first kappa shape index (κ1) is 19.3. The molecule has 19 heavy (non-hydrogen) atoms. The molecule has 0 aromatic heterocycles. The topological polar surface area (TPSA) is 104 Å². The summed E-state index contributed by atoms with van der Waals surface area (Å²) in [4.78, 5) is 11.7. The Morgan fingerprint density at radius 2 is 1.89 bits per heavy atom. The molecule has 1 aliphatic rings. The number of hydrogen-bond acceptors (Lipinski definition) is 6. The van der Waals surface area contributed by atoms with E-state index in [4.69, 9.17) is 4.74 Å². The minimum atomic E-state index is -4.81. The van der Waals surface area contributed by atoms with Crippen LogP contribution in [-0.4, -0.2) is 36.1 Å². The first-order valence-electron chi connectivity index (χ1n) is 5.79. The molecule has 0 aromatic rings. The number of carbonyl (C=O) groups is 1. The van der Waals surface area contributed by atoms with E-state index in [1.54, 1.807) is 13.8 Å². The van der Waals surface area contributed by atoms with Gasteiger partial charge in [-0.05, 0) is 11.3 Å². The summed E-state index contributed by atoms with van der Waals surface area (Å²) in [6.45, 7) is 7.25. The third-order valence-electron chi connectivity index (χ3n) is 3.33. The van der Waals surface area contributed by atoms with Gasteiger partial charge in [0.2, 0.25) is 0 Å². The summed E-state index contributed by atoms with van der Waals surface area (Å²) in [6, 6.07) is 0. The van der Waals surface area contributed by atoms with Gasteiger partial charge >= 0.3 is 35.5 Å². The molecule has 6 nitrogen and oxygen atoms in total. The molecule has 0 aliphatic heterocycles. The van der Waals surface area contributed by atoms with Crippen molar-refractivity contribution in [1.29, 1.82) is 0 Å². The number of rotatable bonds is 5. The molecular formula is C11H19NaO6S. The van der Waals surface area contributed by atoms with Crippen molar-refractivity contribution in [1.82, 2.24) is 0 Å². The number of aliphatic hydroxyl groups is 1. The Balaban J connectivity index is 0.00000324. The summed E-state index contributed by atoms with van der Waals surface area (Å²) in [7, 11) is -4.81. The fourth-order valence-corrected chi connectivity index (χ4v) is 3.05. The van der Waals surface area contributed by atoms with Crippen molar-refractivity contribution in [3.63, 3.8) is 0 Å². The molecule has 3 unspecified atom stereocenters. The van der Waals surface area contributed by atoms with Gasteiger partial charge in [0.25, 0.3) is 0 Å². The molecule has 8 heteroatoms. The summed E-state index contributed by atoms with van der Waals surface area (Å²) >= 11 is 0. The van der Waals surface area contributed by atoms with Gasteiger partial charge in [-0.2, -0.15) is 0 Å². The summed E-state index contributed by atoms with van der Waals surface area (Å²) in [5, 5.41) is 9.45. The molecule has 1 saturated carbocycles. The van der Waals surface area contributed by atoms with E-state index < -0.39 is 38.8 Å². The second-order valence-corrected chi connectivity index (χ2v) is 7.20. The summed E-state index contributed by atoms with van der Waals surface area (Å²) in [6.07, 6.45) is 0. The van der Waals surface area contributed by atoms with Gasteiger partial charge in [-0.3, -0.25) is 4.79 Å². The number of hydrogen-bond donors (Lipinski definition) is 1. The second kappa shape index (κ2) is 6.41. The van der Waals surface area contributed by atoms with Crippen LogP contribution in [0.2, 0.25) is 0 Å². The number of ether oxygens (including phenoxy) is 1. The zero-order chi connectivity index (χ0) is 14.3. The quantitative estimate of drug-likeness (QED) is 0.337. The van der Waals surface area contributed by atoms with E-state index in [0.29, 0.717) is 0 Å². The number of aliphatic hydroxyl groups excluding tert-OH is 1. The molecule has 0 amide bonds. The van der Waals surface area contributed by atoms with E-state index in [1.165, 1.54) is 0 Å². The first-order valence-corrected chi connectivity index (χ1v) is 7.26. The molecule has 0 spiro atoms. The maximum atomic E-state index is 11.7. The molecule has 106 valence electrons. The van der Waals surface area contributed by atoms with Crippen LogP contribution in [0.4, 0.5) is 0 Å². The fraction of sp³-hybridized carbons (Fsp3) is 0.909. The molecule has 1 N–H and O–H groups in total. The van der Waals surface area contributed by atoms with Crippen LogP contribution in [0.25, 0.3) is 0 Å². The van der Waals surface area contributed by atoms with Crippen molar-refractivity contribution in [2.45, 2.75) is 33.1 Å². The summed E-state index contributed by atoms with van der Waals surface area (Å²) < 4.78 is 37.3. The zero-order valence-corrected chi connectivity index (χ0v) is 14.7. The van der Waals surface area contributed by atoms with Crippen molar-refractivity contribution < 1.29 is 57.2 Å². The van der Waals surface area contributed by atoms with Crippen LogP contribution in [0.15, 0.2) is 0 Å². The van der Waals surface area contributed by atoms with Gasteiger partial charge < -0.3 is 14.4 Å². The monoisotopic (exact) mass is 302 g/mol. The van der Waals surface area contributed by atoms with E-state index >= 15 is 0 Å². The second-order valence-electron chi connectivity index (χ2n) is 5.73. The SMILES string of the molecule is CC(C)COC(=O)C1C(C(O)S(=O)(=O)[O-])C1(C)C.[Na+]. The van der Waals surface area contributed by atoms with Crippen molar-refractivity contribution in [2.75, 3.05) is 6.61 Å². The number of carbonyl (C=O) groups excluding carboxylic acids is 1. The Hall–Kier alpha value is 0.340. The largest absolute Gasteiger partial charge is 1.00 e. The van der Waals surface area contributed by atoms with Crippen LogP contribution in [0.1, 0.15) is 27.7 Å². The first-order chi connectivity index (χ1) is 7.99. The third-order valence-corrected chi connectivity index (χ3v) is 4.21. The van der Waals surface area contributed by atoms with Crippen LogP contribution in [0.3, 0.4) is 0 Å². The standard InChI is InChI=1S/C11H20O6S.Na/c1-6(2)5-17-9(12)7-8(11(7,3)4)10(13)18(14,15)16;/h6-8,10,13H,5H2,1-4H3,(H,14,15,16);/q;+1/p-1.